The fourth-order valence-corrected chi connectivity index (χ4v) is 3.39. The number of thiazole rings is 1. The van der Waals surface area contributed by atoms with Crippen LogP contribution in [0.4, 0.5) is 4.39 Å². The average molecular weight is 396 g/mol. The number of rotatable bonds is 11. The summed E-state index contributed by atoms with van der Waals surface area (Å²) in [7, 11) is 5.10. The highest BCUT2D eigenvalue weighted by Crippen LogP contribution is 2.21. The predicted molar refractivity (Wildman–Crippen MR) is 105 cm³/mol. The first kappa shape index (κ1) is 19.8. The summed E-state index contributed by atoms with van der Waals surface area (Å²) in [5, 5.41) is 0. The lowest BCUT2D eigenvalue weighted by atomic mass is 10.1. The minimum absolute atomic E-state index is 0.230. The van der Waals surface area contributed by atoms with Crippen LogP contribution in [0, 0.1) is 5.82 Å². The predicted octanol–water partition coefficient (Wildman–Crippen LogP) is 3.96. The summed E-state index contributed by atoms with van der Waals surface area (Å²) in [5.74, 6) is -0.588. The van der Waals surface area contributed by atoms with Crippen LogP contribution in [0.5, 0.6) is 5.75 Å². The van der Waals surface area contributed by atoms with E-state index in [1.807, 2.05) is 25.1 Å². The van der Waals surface area contributed by atoms with E-state index in [1.54, 1.807) is 11.6 Å². The number of hydrogen-bond acceptors (Lipinski definition) is 6. The molecule has 0 spiro atoms. The lowest BCUT2D eigenvalue weighted by Crippen LogP contribution is -2.12. The number of esters is 1. The van der Waals surface area contributed by atoms with E-state index in [9.17, 15) is 9.18 Å². The number of aromatic nitrogens is 1. The van der Waals surface area contributed by atoms with Gasteiger partial charge in [-0.25, -0.2) is 14.2 Å². The van der Waals surface area contributed by atoms with Gasteiger partial charge in [0.05, 0.1) is 19.2 Å². The van der Waals surface area contributed by atoms with Gasteiger partial charge in [-0.2, -0.15) is 0 Å². The highest BCUT2D eigenvalue weighted by Gasteiger charge is 2.15. The Bertz CT molecular complexity index is 770. The van der Waals surface area contributed by atoms with Crippen molar-refractivity contribution in [3.8, 4) is 5.75 Å². The number of nitrogens with zero attached hydrogens (tertiary/aromatic N) is 2. The molecule has 2 rings (SSSR count). The second kappa shape index (κ2) is 11.0. The molecule has 0 saturated carbocycles. The number of aryl methyl sites for hydroxylation is 2. The first-order valence-corrected chi connectivity index (χ1v) is 9.81. The molecule has 0 N–H and O–H groups in total. The van der Waals surface area contributed by atoms with Crippen LogP contribution in [0.15, 0.2) is 23.7 Å². The molecule has 0 saturated heterocycles. The molecule has 2 aromatic rings. The van der Waals surface area contributed by atoms with E-state index in [-0.39, 0.29) is 18.1 Å². The summed E-state index contributed by atoms with van der Waals surface area (Å²) in [4.78, 5) is 18.3. The molecule has 148 valence electrons. The minimum Gasteiger partial charge on any atom is -0.491 e. The summed E-state index contributed by atoms with van der Waals surface area (Å²) in [6, 6.07) is 5.02. The van der Waals surface area contributed by atoms with Gasteiger partial charge in [-0.15, -0.1) is 11.3 Å². The Hall–Kier alpha value is -1.99. The maximum Gasteiger partial charge on any atom is 0.357 e. The minimum atomic E-state index is -0.443. The normalized spacial score (nSPS) is 12.7. The summed E-state index contributed by atoms with van der Waals surface area (Å²) < 4.78 is 32.4. The topological polar surface area (TPSA) is 51.7 Å². The van der Waals surface area contributed by atoms with Gasteiger partial charge >= 0.3 is 5.97 Å². The Morgan fingerprint density at radius 2 is 2.11 bits per heavy atom. The van der Waals surface area contributed by atoms with E-state index >= 15 is 0 Å². The van der Waals surface area contributed by atoms with Crippen LogP contribution in [0.2, 0.25) is 0 Å². The van der Waals surface area contributed by atoms with Gasteiger partial charge in [0, 0.05) is 6.25 Å². The first-order chi connectivity index (χ1) is 13.4. The molecule has 27 heavy (non-hydrogen) atoms. The molecule has 7 heteroatoms. The van der Waals surface area contributed by atoms with Crippen LogP contribution in [0.3, 0.4) is 0 Å². The van der Waals surface area contributed by atoms with Crippen LogP contribution in [0.25, 0.3) is 0 Å². The lowest BCUT2D eigenvalue weighted by molar-refractivity contribution is 0.0593. The summed E-state index contributed by atoms with van der Waals surface area (Å²) >= 11 is 1.40. The number of ether oxygens (including phenoxy) is 2. The van der Waals surface area contributed by atoms with Crippen molar-refractivity contribution in [2.75, 3.05) is 34.3 Å². The molecule has 0 radical (unpaired) electrons. The van der Waals surface area contributed by atoms with E-state index in [0.29, 0.717) is 25.1 Å². The third kappa shape index (κ3) is 6.92. The van der Waals surface area contributed by atoms with Crippen molar-refractivity contribution in [2.45, 2.75) is 32.1 Å². The summed E-state index contributed by atoms with van der Waals surface area (Å²) in [6.45, 7) is 0.115. The highest BCUT2D eigenvalue weighted by atomic mass is 32.1. The Kier molecular flexibility index (Phi) is 8.04. The molecule has 5 nitrogen and oxygen atoms in total. The zero-order chi connectivity index (χ0) is 20.5. The maximum absolute atomic E-state index is 14.2. The van der Waals surface area contributed by atoms with Crippen molar-refractivity contribution < 1.29 is 20.0 Å². The molecule has 1 unspecified atom stereocenters. The van der Waals surface area contributed by atoms with E-state index < -0.39 is 5.97 Å². The van der Waals surface area contributed by atoms with Crippen molar-refractivity contribution in [1.82, 2.24) is 9.88 Å². The number of carbonyl (C=O) groups excluding carboxylic acids is 1. The van der Waals surface area contributed by atoms with Gasteiger partial charge in [-0.05, 0) is 70.4 Å². The van der Waals surface area contributed by atoms with Crippen LogP contribution in [0.1, 0.15) is 41.6 Å². The number of methoxy groups -OCH3 is 1. The Morgan fingerprint density at radius 3 is 2.81 bits per heavy atom. The lowest BCUT2D eigenvalue weighted by Gasteiger charge is -2.10. The molecular formula is C20H27FN2O3S. The van der Waals surface area contributed by atoms with E-state index in [2.05, 4.69) is 4.98 Å². The standard InChI is InChI=1S/C20H27FN2O3S/c1-23(2)11-5-4-7-15-9-10-17(16(21)13-15)26-12-6-8-18-19(20(24)25-3)22-14-27-18/h9-10,13-14H,4-8,11-12H2,1-3H3/i11D. The van der Waals surface area contributed by atoms with E-state index in [0.717, 1.165) is 29.7 Å². The fourth-order valence-electron chi connectivity index (χ4n) is 2.60. The van der Waals surface area contributed by atoms with Gasteiger partial charge < -0.3 is 14.4 Å². The summed E-state index contributed by atoms with van der Waals surface area (Å²) in [6.07, 6.45) is 3.58. The largest absolute Gasteiger partial charge is 0.491 e. The van der Waals surface area contributed by atoms with Gasteiger partial charge in [-0.1, -0.05) is 6.07 Å². The smallest absolute Gasteiger partial charge is 0.357 e. The van der Waals surface area contributed by atoms with Crippen molar-refractivity contribution in [2.24, 2.45) is 0 Å². The van der Waals surface area contributed by atoms with Crippen molar-refractivity contribution >= 4 is 17.3 Å². The fraction of sp³-hybridized carbons (Fsp3) is 0.500. The van der Waals surface area contributed by atoms with E-state index in [4.69, 9.17) is 10.8 Å². The molecule has 0 amide bonds. The van der Waals surface area contributed by atoms with Crippen molar-refractivity contribution in [3.05, 3.63) is 45.7 Å². The van der Waals surface area contributed by atoms with Crippen LogP contribution < -0.4 is 4.74 Å². The maximum atomic E-state index is 14.2. The average Bonchev–Trinajstić information content (AvgIpc) is 3.14. The monoisotopic (exact) mass is 395 g/mol. The Morgan fingerprint density at radius 1 is 1.30 bits per heavy atom. The second-order valence-electron chi connectivity index (χ2n) is 6.37. The molecule has 1 atom stereocenters. The van der Waals surface area contributed by atoms with Crippen molar-refractivity contribution in [1.29, 1.82) is 0 Å². The number of benzene rings is 1. The molecule has 0 aliphatic rings. The third-order valence-electron chi connectivity index (χ3n) is 3.99. The van der Waals surface area contributed by atoms with Crippen LogP contribution in [-0.2, 0) is 17.6 Å². The van der Waals surface area contributed by atoms with Crippen LogP contribution in [-0.4, -0.2) is 50.2 Å². The van der Waals surface area contributed by atoms with E-state index in [1.165, 1.54) is 24.5 Å². The zero-order valence-corrected chi connectivity index (χ0v) is 16.9. The molecule has 0 fully saturated rings. The molecular weight excluding hydrogens is 367 g/mol. The zero-order valence-electron chi connectivity index (χ0n) is 17.0. The third-order valence-corrected chi connectivity index (χ3v) is 4.88. The van der Waals surface area contributed by atoms with Gasteiger partial charge in [0.15, 0.2) is 17.3 Å². The Labute approximate surface area is 165 Å². The summed E-state index contributed by atoms with van der Waals surface area (Å²) in [5.41, 5.74) is 2.86. The molecule has 1 aromatic carbocycles. The SMILES string of the molecule is [2H]C(CCCc1ccc(OCCCc2scnc2C(=O)OC)c(F)c1)N(C)C. The molecule has 0 bridgehead atoms. The number of halogens is 1. The molecule has 1 aromatic heterocycles. The van der Waals surface area contributed by atoms with Crippen LogP contribution >= 0.6 is 11.3 Å². The second-order valence-corrected chi connectivity index (χ2v) is 7.31. The van der Waals surface area contributed by atoms with Gasteiger partial charge in [-0.3, -0.25) is 0 Å². The van der Waals surface area contributed by atoms with Gasteiger partial charge in [0.2, 0.25) is 0 Å². The van der Waals surface area contributed by atoms with Crippen molar-refractivity contribution in [3.63, 3.8) is 0 Å². The first-order valence-electron chi connectivity index (χ1n) is 9.50. The highest BCUT2D eigenvalue weighted by molar-refractivity contribution is 7.09. The Balaban J connectivity index is 1.77. The molecule has 0 aliphatic heterocycles. The quantitative estimate of drug-likeness (QED) is 0.426. The number of carbonyl (C=O) groups is 1. The molecule has 1 heterocycles. The number of hydrogen-bond donors (Lipinski definition) is 0. The van der Waals surface area contributed by atoms with Gasteiger partial charge in [0.25, 0.3) is 0 Å². The molecule has 0 aliphatic carbocycles. The van der Waals surface area contributed by atoms with Gasteiger partial charge in [0.1, 0.15) is 0 Å².